The van der Waals surface area contributed by atoms with Gasteiger partial charge in [-0.2, -0.15) is 0 Å². The van der Waals surface area contributed by atoms with Crippen molar-refractivity contribution in [2.75, 3.05) is 18.6 Å². The molecule has 1 N–H and O–H groups in total. The molecule has 0 aromatic heterocycles. The highest BCUT2D eigenvalue weighted by Crippen LogP contribution is 2.13. The van der Waals surface area contributed by atoms with Crippen LogP contribution in [0.1, 0.15) is 24.9 Å². The summed E-state index contributed by atoms with van der Waals surface area (Å²) >= 11 is 0. The van der Waals surface area contributed by atoms with Crippen LogP contribution in [0, 0.1) is 0 Å². The van der Waals surface area contributed by atoms with Gasteiger partial charge in [0, 0.05) is 28.9 Å². The lowest BCUT2D eigenvalue weighted by atomic mass is 10.1. The Morgan fingerprint density at radius 2 is 2.00 bits per heavy atom. The maximum absolute atomic E-state index is 11.3. The fourth-order valence-electron chi connectivity index (χ4n) is 1.51. The zero-order valence-corrected chi connectivity index (χ0v) is 10.2. The highest BCUT2D eigenvalue weighted by atomic mass is 32.2. The first-order valence-electron chi connectivity index (χ1n) is 5.32. The molecule has 0 bridgehead atoms. The van der Waals surface area contributed by atoms with Gasteiger partial charge in [0.05, 0.1) is 0 Å². The van der Waals surface area contributed by atoms with Gasteiger partial charge in [-0.15, -0.1) is 0 Å². The molecule has 1 aromatic carbocycles. The fraction of sp³-hybridized carbons (Fsp3) is 0.500. The van der Waals surface area contributed by atoms with Crippen LogP contribution in [0.5, 0.6) is 0 Å². The van der Waals surface area contributed by atoms with Gasteiger partial charge in [-0.3, -0.25) is 4.21 Å². The van der Waals surface area contributed by atoms with Crippen LogP contribution in [-0.2, 0) is 10.8 Å². The van der Waals surface area contributed by atoms with E-state index in [0.717, 1.165) is 13.0 Å². The van der Waals surface area contributed by atoms with Crippen LogP contribution in [0.25, 0.3) is 0 Å². The molecule has 0 heterocycles. The van der Waals surface area contributed by atoms with E-state index in [-0.39, 0.29) is 6.04 Å². The summed E-state index contributed by atoms with van der Waals surface area (Å²) in [4.78, 5) is 0. The molecule has 2 nitrogen and oxygen atoms in total. The third-order valence-corrected chi connectivity index (χ3v) is 3.05. The van der Waals surface area contributed by atoms with Crippen molar-refractivity contribution < 1.29 is 4.21 Å². The minimum atomic E-state index is -0.762. The number of nitrogens with one attached hydrogen (secondary N) is 1. The van der Waals surface area contributed by atoms with Gasteiger partial charge < -0.3 is 5.32 Å². The van der Waals surface area contributed by atoms with Gasteiger partial charge in [-0.1, -0.05) is 37.3 Å². The standard InChI is InChI=1S/C12H19NOS/c1-3-9-13-12(10-15(2)14)11-7-5-4-6-8-11/h4-8,12-13H,3,9-10H2,1-2H3. The third-order valence-electron chi connectivity index (χ3n) is 2.24. The zero-order valence-electron chi connectivity index (χ0n) is 9.40. The van der Waals surface area contributed by atoms with Crippen molar-refractivity contribution in [3.63, 3.8) is 0 Å². The van der Waals surface area contributed by atoms with Crippen molar-refractivity contribution >= 4 is 10.8 Å². The summed E-state index contributed by atoms with van der Waals surface area (Å²) in [7, 11) is -0.762. The highest BCUT2D eigenvalue weighted by Gasteiger charge is 2.11. The van der Waals surface area contributed by atoms with Gasteiger partial charge >= 0.3 is 0 Å². The van der Waals surface area contributed by atoms with Gasteiger partial charge in [0.1, 0.15) is 0 Å². The average Bonchev–Trinajstić information content (AvgIpc) is 2.25. The van der Waals surface area contributed by atoms with Gasteiger partial charge in [-0.05, 0) is 18.5 Å². The van der Waals surface area contributed by atoms with Crippen molar-refractivity contribution in [2.45, 2.75) is 19.4 Å². The Hall–Kier alpha value is -0.670. The number of hydrogen-bond donors (Lipinski definition) is 1. The number of hydrogen-bond acceptors (Lipinski definition) is 2. The fourth-order valence-corrected chi connectivity index (χ4v) is 2.29. The second-order valence-electron chi connectivity index (χ2n) is 3.66. The lowest BCUT2D eigenvalue weighted by Gasteiger charge is -2.17. The van der Waals surface area contributed by atoms with Crippen LogP contribution < -0.4 is 5.32 Å². The maximum Gasteiger partial charge on any atom is 0.0436 e. The zero-order chi connectivity index (χ0) is 11.1. The normalized spacial score (nSPS) is 14.8. The summed E-state index contributed by atoms with van der Waals surface area (Å²) in [5.74, 6) is 0.685. The van der Waals surface area contributed by atoms with Crippen molar-refractivity contribution in [3.05, 3.63) is 35.9 Å². The van der Waals surface area contributed by atoms with Crippen LogP contribution in [0.3, 0.4) is 0 Å². The van der Waals surface area contributed by atoms with Crippen molar-refractivity contribution in [1.82, 2.24) is 5.32 Å². The predicted octanol–water partition coefficient (Wildman–Crippen LogP) is 2.11. The van der Waals surface area contributed by atoms with E-state index in [1.807, 2.05) is 18.2 Å². The first-order valence-corrected chi connectivity index (χ1v) is 7.05. The van der Waals surface area contributed by atoms with Gasteiger partial charge in [-0.25, -0.2) is 0 Å². The van der Waals surface area contributed by atoms with E-state index in [0.29, 0.717) is 5.75 Å². The average molecular weight is 225 g/mol. The van der Waals surface area contributed by atoms with Gasteiger partial charge in [0.25, 0.3) is 0 Å². The van der Waals surface area contributed by atoms with E-state index in [2.05, 4.69) is 24.4 Å². The van der Waals surface area contributed by atoms with Crippen LogP contribution in [0.4, 0.5) is 0 Å². The Bertz CT molecular complexity index is 300. The molecule has 0 spiro atoms. The Balaban J connectivity index is 2.67. The molecule has 3 heteroatoms. The summed E-state index contributed by atoms with van der Waals surface area (Å²) < 4.78 is 11.3. The Morgan fingerprint density at radius 3 is 2.53 bits per heavy atom. The molecule has 0 amide bonds. The summed E-state index contributed by atoms with van der Waals surface area (Å²) in [5, 5.41) is 3.42. The summed E-state index contributed by atoms with van der Waals surface area (Å²) in [5.41, 5.74) is 1.22. The van der Waals surface area contributed by atoms with Crippen LogP contribution in [0.2, 0.25) is 0 Å². The molecule has 0 aliphatic rings. The molecule has 15 heavy (non-hydrogen) atoms. The van der Waals surface area contributed by atoms with E-state index in [9.17, 15) is 4.21 Å². The van der Waals surface area contributed by atoms with Crippen molar-refractivity contribution in [3.8, 4) is 0 Å². The largest absolute Gasteiger partial charge is 0.309 e. The number of rotatable bonds is 6. The van der Waals surface area contributed by atoms with E-state index in [1.165, 1.54) is 5.56 Å². The lowest BCUT2D eigenvalue weighted by Crippen LogP contribution is -2.26. The highest BCUT2D eigenvalue weighted by molar-refractivity contribution is 7.84. The monoisotopic (exact) mass is 225 g/mol. The Morgan fingerprint density at radius 1 is 1.33 bits per heavy atom. The Kier molecular flexibility index (Phi) is 5.58. The summed E-state index contributed by atoms with van der Waals surface area (Å²) in [6.45, 7) is 3.11. The van der Waals surface area contributed by atoms with Crippen LogP contribution in [-0.4, -0.2) is 22.8 Å². The van der Waals surface area contributed by atoms with Crippen molar-refractivity contribution in [2.24, 2.45) is 0 Å². The molecular weight excluding hydrogens is 206 g/mol. The smallest absolute Gasteiger partial charge is 0.0436 e. The SMILES string of the molecule is CCCNC(CS(C)=O)c1ccccc1. The molecule has 0 fully saturated rings. The van der Waals surface area contributed by atoms with E-state index < -0.39 is 10.8 Å². The van der Waals surface area contributed by atoms with Gasteiger partial charge in [0.2, 0.25) is 0 Å². The molecule has 0 saturated carbocycles. The molecule has 1 rings (SSSR count). The van der Waals surface area contributed by atoms with Gasteiger partial charge in [0.15, 0.2) is 0 Å². The molecule has 0 saturated heterocycles. The Labute approximate surface area is 94.5 Å². The molecular formula is C12H19NOS. The molecule has 0 radical (unpaired) electrons. The predicted molar refractivity (Wildman–Crippen MR) is 66.4 cm³/mol. The first kappa shape index (κ1) is 12.4. The minimum absolute atomic E-state index is 0.219. The molecule has 84 valence electrons. The minimum Gasteiger partial charge on any atom is -0.309 e. The molecule has 2 atom stereocenters. The first-order chi connectivity index (χ1) is 7.24. The van der Waals surface area contributed by atoms with E-state index in [4.69, 9.17) is 0 Å². The topological polar surface area (TPSA) is 29.1 Å². The number of benzene rings is 1. The second-order valence-corrected chi connectivity index (χ2v) is 5.14. The summed E-state index contributed by atoms with van der Waals surface area (Å²) in [6, 6.07) is 10.4. The lowest BCUT2D eigenvalue weighted by molar-refractivity contribution is 0.570. The maximum atomic E-state index is 11.3. The molecule has 0 aliphatic carbocycles. The van der Waals surface area contributed by atoms with E-state index >= 15 is 0 Å². The van der Waals surface area contributed by atoms with Crippen molar-refractivity contribution in [1.29, 1.82) is 0 Å². The molecule has 0 aliphatic heterocycles. The molecule has 1 aromatic rings. The third kappa shape index (κ3) is 4.58. The van der Waals surface area contributed by atoms with Crippen LogP contribution >= 0.6 is 0 Å². The quantitative estimate of drug-likeness (QED) is 0.803. The molecule has 2 unspecified atom stereocenters. The summed E-state index contributed by atoms with van der Waals surface area (Å²) in [6.07, 6.45) is 2.85. The van der Waals surface area contributed by atoms with E-state index in [1.54, 1.807) is 6.26 Å². The second kappa shape index (κ2) is 6.75. The van der Waals surface area contributed by atoms with Crippen LogP contribution in [0.15, 0.2) is 30.3 Å².